The van der Waals surface area contributed by atoms with E-state index in [0.29, 0.717) is 48.0 Å². The summed E-state index contributed by atoms with van der Waals surface area (Å²) in [6, 6.07) is 10.9. The van der Waals surface area contributed by atoms with Gasteiger partial charge in [0, 0.05) is 36.5 Å². The molecule has 0 radical (unpaired) electrons. The molecule has 0 aliphatic carbocycles. The number of carbonyl (C=O) groups is 2. The van der Waals surface area contributed by atoms with Crippen LogP contribution in [0.4, 0.5) is 10.1 Å². The van der Waals surface area contributed by atoms with E-state index in [1.807, 2.05) is 4.90 Å². The number of benzene rings is 2. The lowest BCUT2D eigenvalue weighted by Crippen LogP contribution is -2.52. The fourth-order valence-corrected chi connectivity index (χ4v) is 4.06. The van der Waals surface area contributed by atoms with Crippen molar-refractivity contribution in [1.29, 1.82) is 0 Å². The number of methoxy groups -OCH3 is 1. The van der Waals surface area contributed by atoms with Crippen molar-refractivity contribution >= 4 is 34.8 Å². The molecule has 2 aromatic carbocycles. The molecule has 0 atom stereocenters. The maximum absolute atomic E-state index is 13.5. The fourth-order valence-electron chi connectivity index (χ4n) is 3.88. The maximum Gasteiger partial charge on any atom is 0.272 e. The van der Waals surface area contributed by atoms with Crippen LogP contribution >= 0.6 is 11.6 Å². The Kier molecular flexibility index (Phi) is 5.93. The minimum atomic E-state index is -0.706. The molecule has 2 aliphatic heterocycles. The van der Waals surface area contributed by atoms with Crippen LogP contribution in [0.1, 0.15) is 18.4 Å². The number of likely N-dealkylation sites (tertiary alicyclic amines) is 1. The Bertz CT molecular complexity index is 1050. The van der Waals surface area contributed by atoms with Crippen LogP contribution in [0, 0.1) is 5.82 Å². The standard InChI is InChI=1S/C22H22ClFN4O3/c1-31-18-6-5-15(23)12-17(18)25-19(29)13-28-9-7-22(8-10-28)26-20(21(30)27-22)14-3-2-4-16(24)11-14/h2-6,11-12H,7-10,13H2,1H3,(H,25,29)(H,27,30). The summed E-state index contributed by atoms with van der Waals surface area (Å²) in [7, 11) is 1.53. The highest BCUT2D eigenvalue weighted by Gasteiger charge is 2.42. The number of amides is 2. The fraction of sp³-hybridized carbons (Fsp3) is 0.318. The van der Waals surface area contributed by atoms with Crippen molar-refractivity contribution in [3.8, 4) is 5.75 Å². The van der Waals surface area contributed by atoms with Crippen molar-refractivity contribution in [1.82, 2.24) is 10.2 Å². The first kappa shape index (κ1) is 21.3. The van der Waals surface area contributed by atoms with E-state index in [-0.39, 0.29) is 24.1 Å². The molecule has 2 aliphatic rings. The molecule has 2 heterocycles. The largest absolute Gasteiger partial charge is 0.495 e. The lowest BCUT2D eigenvalue weighted by Gasteiger charge is -2.36. The van der Waals surface area contributed by atoms with Gasteiger partial charge in [-0.3, -0.25) is 19.5 Å². The number of rotatable bonds is 5. The van der Waals surface area contributed by atoms with Gasteiger partial charge >= 0.3 is 0 Å². The summed E-state index contributed by atoms with van der Waals surface area (Å²) in [5, 5.41) is 6.28. The molecule has 1 saturated heterocycles. The van der Waals surface area contributed by atoms with E-state index < -0.39 is 11.5 Å². The van der Waals surface area contributed by atoms with Crippen molar-refractivity contribution in [3.63, 3.8) is 0 Å². The third-order valence-electron chi connectivity index (χ3n) is 5.47. The van der Waals surface area contributed by atoms with Crippen LogP contribution in [0.2, 0.25) is 5.02 Å². The van der Waals surface area contributed by atoms with Gasteiger partial charge in [0.15, 0.2) is 0 Å². The lowest BCUT2D eigenvalue weighted by molar-refractivity contribution is -0.119. The molecule has 2 N–H and O–H groups in total. The zero-order valence-electron chi connectivity index (χ0n) is 17.0. The first-order valence-corrected chi connectivity index (χ1v) is 10.3. The van der Waals surface area contributed by atoms with Gasteiger partial charge in [0.1, 0.15) is 22.9 Å². The van der Waals surface area contributed by atoms with Gasteiger partial charge in [0.05, 0.1) is 19.3 Å². The van der Waals surface area contributed by atoms with Gasteiger partial charge in [-0.05, 0) is 30.3 Å². The van der Waals surface area contributed by atoms with Crippen LogP contribution in [0.3, 0.4) is 0 Å². The Morgan fingerprint density at radius 3 is 2.77 bits per heavy atom. The van der Waals surface area contributed by atoms with E-state index >= 15 is 0 Å². The van der Waals surface area contributed by atoms with Gasteiger partial charge in [-0.1, -0.05) is 23.7 Å². The van der Waals surface area contributed by atoms with Gasteiger partial charge < -0.3 is 15.4 Å². The summed E-state index contributed by atoms with van der Waals surface area (Å²) < 4.78 is 18.8. The summed E-state index contributed by atoms with van der Waals surface area (Å²) in [5.74, 6) is -0.366. The monoisotopic (exact) mass is 444 g/mol. The number of carbonyl (C=O) groups excluding carboxylic acids is 2. The van der Waals surface area contributed by atoms with E-state index in [4.69, 9.17) is 16.3 Å². The second kappa shape index (κ2) is 8.64. The van der Waals surface area contributed by atoms with Gasteiger partial charge in [0.25, 0.3) is 5.91 Å². The maximum atomic E-state index is 13.5. The number of aliphatic imine (C=N–C) groups is 1. The first-order chi connectivity index (χ1) is 14.9. The summed E-state index contributed by atoms with van der Waals surface area (Å²) in [4.78, 5) is 31.6. The second-order valence-electron chi connectivity index (χ2n) is 7.63. The molecular formula is C22H22ClFN4O3. The minimum absolute atomic E-state index is 0.184. The molecule has 162 valence electrons. The van der Waals surface area contributed by atoms with Gasteiger partial charge in [-0.15, -0.1) is 0 Å². The molecular weight excluding hydrogens is 423 g/mol. The molecule has 2 amide bonds. The summed E-state index contributed by atoms with van der Waals surface area (Å²) in [6.45, 7) is 1.36. The number of hydrogen-bond acceptors (Lipinski definition) is 5. The molecule has 0 bridgehead atoms. The molecule has 4 rings (SSSR count). The highest BCUT2D eigenvalue weighted by Crippen LogP contribution is 2.30. The van der Waals surface area contributed by atoms with E-state index in [0.717, 1.165) is 0 Å². The number of nitrogens with one attached hydrogen (secondary N) is 2. The van der Waals surface area contributed by atoms with Crippen LogP contribution < -0.4 is 15.4 Å². The van der Waals surface area contributed by atoms with E-state index in [1.165, 1.54) is 19.2 Å². The number of piperidine rings is 1. The predicted octanol–water partition coefficient (Wildman–Crippen LogP) is 2.84. The van der Waals surface area contributed by atoms with Crippen LogP contribution in [0.25, 0.3) is 0 Å². The molecule has 0 unspecified atom stereocenters. The quantitative estimate of drug-likeness (QED) is 0.743. The summed E-state index contributed by atoms with van der Waals surface area (Å²) in [6.07, 6.45) is 1.12. The van der Waals surface area contributed by atoms with Crippen molar-refractivity contribution in [2.75, 3.05) is 32.1 Å². The topological polar surface area (TPSA) is 83.0 Å². The Hall–Kier alpha value is -2.97. The number of ether oxygens (including phenoxy) is 1. The third kappa shape index (κ3) is 4.70. The minimum Gasteiger partial charge on any atom is -0.495 e. The molecule has 0 aromatic heterocycles. The Balaban J connectivity index is 1.37. The van der Waals surface area contributed by atoms with Gasteiger partial charge in [-0.2, -0.15) is 0 Å². The third-order valence-corrected chi connectivity index (χ3v) is 5.71. The average molecular weight is 445 g/mol. The zero-order valence-corrected chi connectivity index (χ0v) is 17.7. The van der Waals surface area contributed by atoms with Crippen LogP contribution in [0.15, 0.2) is 47.5 Å². The van der Waals surface area contributed by atoms with Crippen molar-refractivity contribution in [3.05, 3.63) is 58.9 Å². The molecule has 9 heteroatoms. The normalized spacial score (nSPS) is 17.9. The van der Waals surface area contributed by atoms with Crippen molar-refractivity contribution in [2.45, 2.75) is 18.5 Å². The average Bonchev–Trinajstić information content (AvgIpc) is 3.06. The molecule has 2 aromatic rings. The van der Waals surface area contributed by atoms with Crippen LogP contribution in [-0.2, 0) is 9.59 Å². The number of anilines is 1. The van der Waals surface area contributed by atoms with E-state index in [1.54, 1.807) is 30.3 Å². The molecule has 7 nitrogen and oxygen atoms in total. The van der Waals surface area contributed by atoms with Crippen LogP contribution in [-0.4, -0.2) is 54.8 Å². The first-order valence-electron chi connectivity index (χ1n) is 9.91. The smallest absolute Gasteiger partial charge is 0.272 e. The number of hydrogen-bond donors (Lipinski definition) is 2. The molecule has 0 saturated carbocycles. The molecule has 1 spiro atoms. The van der Waals surface area contributed by atoms with Crippen molar-refractivity contribution < 1.29 is 18.7 Å². The number of halogens is 2. The Labute approximate surface area is 184 Å². The highest BCUT2D eigenvalue weighted by molar-refractivity contribution is 6.46. The van der Waals surface area contributed by atoms with E-state index in [2.05, 4.69) is 15.6 Å². The van der Waals surface area contributed by atoms with Gasteiger partial charge in [-0.25, -0.2) is 4.39 Å². The Morgan fingerprint density at radius 2 is 2.06 bits per heavy atom. The van der Waals surface area contributed by atoms with E-state index in [9.17, 15) is 14.0 Å². The molecule has 31 heavy (non-hydrogen) atoms. The SMILES string of the molecule is COc1ccc(Cl)cc1NC(=O)CN1CCC2(CC1)N=C(c1cccc(F)c1)C(=O)N2. The Morgan fingerprint density at radius 1 is 1.29 bits per heavy atom. The van der Waals surface area contributed by atoms with Crippen molar-refractivity contribution in [2.24, 2.45) is 4.99 Å². The molecule has 1 fully saturated rings. The highest BCUT2D eigenvalue weighted by atomic mass is 35.5. The number of nitrogens with zero attached hydrogens (tertiary/aromatic N) is 2. The second-order valence-corrected chi connectivity index (χ2v) is 8.06. The zero-order chi connectivity index (χ0) is 22.0. The lowest BCUT2D eigenvalue weighted by atomic mass is 9.98. The summed E-state index contributed by atoms with van der Waals surface area (Å²) >= 11 is 6.01. The van der Waals surface area contributed by atoms with Gasteiger partial charge in [0.2, 0.25) is 5.91 Å². The summed E-state index contributed by atoms with van der Waals surface area (Å²) in [5.41, 5.74) is 0.522. The van der Waals surface area contributed by atoms with Crippen LogP contribution in [0.5, 0.6) is 5.75 Å². The predicted molar refractivity (Wildman–Crippen MR) is 116 cm³/mol.